The molecule has 0 radical (unpaired) electrons. The molecule has 0 aromatic heterocycles. The zero-order valence-electron chi connectivity index (χ0n) is 13.8. The van der Waals surface area contributed by atoms with E-state index in [4.69, 9.17) is 11.6 Å². The summed E-state index contributed by atoms with van der Waals surface area (Å²) in [6, 6.07) is 11.2. The van der Waals surface area contributed by atoms with Crippen molar-refractivity contribution in [2.75, 3.05) is 16.8 Å². The Hall–Kier alpha value is -1.85. The topological polar surface area (TPSA) is 49.4 Å². The highest BCUT2D eigenvalue weighted by Gasteiger charge is 2.25. The Kier molecular flexibility index (Phi) is 5.45. The number of halogens is 2. The Morgan fingerprint density at radius 3 is 2.64 bits per heavy atom. The first-order valence-corrected chi connectivity index (χ1v) is 9.26. The first kappa shape index (κ1) is 18.0. The van der Waals surface area contributed by atoms with Crippen molar-refractivity contribution in [3.8, 4) is 0 Å². The molecule has 2 amide bonds. The van der Waals surface area contributed by atoms with Gasteiger partial charge >= 0.3 is 0 Å². The van der Waals surface area contributed by atoms with Gasteiger partial charge in [0, 0.05) is 23.6 Å². The molecule has 1 N–H and O–H groups in total. The van der Waals surface area contributed by atoms with Gasteiger partial charge < -0.3 is 10.2 Å². The van der Waals surface area contributed by atoms with Crippen LogP contribution in [-0.2, 0) is 22.4 Å². The Morgan fingerprint density at radius 2 is 1.96 bits per heavy atom. The van der Waals surface area contributed by atoms with Gasteiger partial charge in [-0.3, -0.25) is 9.59 Å². The van der Waals surface area contributed by atoms with E-state index in [1.807, 2.05) is 24.3 Å². The molecule has 1 aliphatic heterocycles. The molecule has 0 bridgehead atoms. The molecule has 2 aromatic carbocycles. The van der Waals surface area contributed by atoms with Gasteiger partial charge in [-0.15, -0.1) is 0 Å². The van der Waals surface area contributed by atoms with Crippen LogP contribution in [0.4, 0.5) is 11.4 Å². The summed E-state index contributed by atoms with van der Waals surface area (Å²) in [7, 11) is 0. The normalized spacial score (nSPS) is 13.3. The predicted octanol–water partition coefficient (Wildman–Crippen LogP) is 4.58. The van der Waals surface area contributed by atoms with Gasteiger partial charge in [-0.2, -0.15) is 0 Å². The number of hydrogen-bond donors (Lipinski definition) is 1. The number of benzene rings is 2. The van der Waals surface area contributed by atoms with Crippen LogP contribution in [0.5, 0.6) is 0 Å². The fourth-order valence-corrected chi connectivity index (χ4v) is 4.06. The SMILES string of the molecule is CC(=O)Nc1ccc(CC(=O)N2CCCc3cc(Br)cc(Cl)c32)cc1. The summed E-state index contributed by atoms with van der Waals surface area (Å²) < 4.78 is 0.930. The van der Waals surface area contributed by atoms with Crippen molar-refractivity contribution in [2.45, 2.75) is 26.2 Å². The van der Waals surface area contributed by atoms with Crippen molar-refractivity contribution in [2.24, 2.45) is 0 Å². The Morgan fingerprint density at radius 1 is 1.24 bits per heavy atom. The minimum Gasteiger partial charge on any atom is -0.326 e. The van der Waals surface area contributed by atoms with Crippen LogP contribution in [0.15, 0.2) is 40.9 Å². The van der Waals surface area contributed by atoms with Gasteiger partial charge in [0.2, 0.25) is 11.8 Å². The number of fused-ring (bicyclic) bond motifs is 1. The lowest BCUT2D eigenvalue weighted by Gasteiger charge is -2.30. The Labute approximate surface area is 160 Å². The van der Waals surface area contributed by atoms with Gasteiger partial charge in [0.25, 0.3) is 0 Å². The summed E-state index contributed by atoms with van der Waals surface area (Å²) in [5, 5.41) is 3.31. The molecule has 0 saturated heterocycles. The number of aryl methyl sites for hydroxylation is 1. The molecule has 130 valence electrons. The van der Waals surface area contributed by atoms with E-state index in [0.717, 1.165) is 39.8 Å². The summed E-state index contributed by atoms with van der Waals surface area (Å²) in [5.74, 6) is -0.0907. The molecule has 2 aromatic rings. The maximum atomic E-state index is 12.8. The summed E-state index contributed by atoms with van der Waals surface area (Å²) in [5.41, 5.74) is 3.55. The van der Waals surface area contributed by atoms with Crippen molar-refractivity contribution in [3.63, 3.8) is 0 Å². The standard InChI is InChI=1S/C19H18BrClN2O2/c1-12(24)22-16-6-4-13(5-7-16)9-18(25)23-8-2-3-14-10-15(20)11-17(21)19(14)23/h4-7,10-11H,2-3,8-9H2,1H3,(H,22,24). The average molecular weight is 422 g/mol. The third kappa shape index (κ3) is 4.22. The van der Waals surface area contributed by atoms with Crippen molar-refractivity contribution < 1.29 is 9.59 Å². The minimum atomic E-state index is -0.116. The number of rotatable bonds is 3. The van der Waals surface area contributed by atoms with E-state index in [1.54, 1.807) is 17.0 Å². The third-order valence-corrected chi connectivity index (χ3v) is 4.88. The van der Waals surface area contributed by atoms with Crippen LogP contribution >= 0.6 is 27.5 Å². The molecular formula is C19H18BrClN2O2. The van der Waals surface area contributed by atoms with E-state index in [1.165, 1.54) is 6.92 Å². The van der Waals surface area contributed by atoms with E-state index in [-0.39, 0.29) is 11.8 Å². The molecule has 25 heavy (non-hydrogen) atoms. The quantitative estimate of drug-likeness (QED) is 0.788. The number of carbonyl (C=O) groups excluding carboxylic acids is 2. The molecule has 1 heterocycles. The fraction of sp³-hybridized carbons (Fsp3) is 0.263. The van der Waals surface area contributed by atoms with E-state index >= 15 is 0 Å². The van der Waals surface area contributed by atoms with E-state index in [0.29, 0.717) is 18.0 Å². The molecular weight excluding hydrogens is 404 g/mol. The number of anilines is 2. The van der Waals surface area contributed by atoms with Crippen LogP contribution in [0.3, 0.4) is 0 Å². The largest absolute Gasteiger partial charge is 0.326 e. The highest BCUT2D eigenvalue weighted by Crippen LogP contribution is 2.37. The monoisotopic (exact) mass is 420 g/mol. The first-order chi connectivity index (χ1) is 11.9. The lowest BCUT2D eigenvalue weighted by molar-refractivity contribution is -0.118. The average Bonchev–Trinajstić information content (AvgIpc) is 2.55. The van der Waals surface area contributed by atoms with Crippen LogP contribution in [-0.4, -0.2) is 18.4 Å². The molecule has 3 rings (SSSR count). The molecule has 0 unspecified atom stereocenters. The summed E-state index contributed by atoms with van der Waals surface area (Å²) in [4.78, 5) is 25.7. The summed E-state index contributed by atoms with van der Waals surface area (Å²) in [6.07, 6.45) is 2.14. The summed E-state index contributed by atoms with van der Waals surface area (Å²) in [6.45, 7) is 2.14. The third-order valence-electron chi connectivity index (χ3n) is 4.14. The second kappa shape index (κ2) is 7.58. The highest BCUT2D eigenvalue weighted by atomic mass is 79.9. The second-order valence-corrected chi connectivity index (χ2v) is 7.42. The van der Waals surface area contributed by atoms with Gasteiger partial charge in [0.05, 0.1) is 17.1 Å². The van der Waals surface area contributed by atoms with Crippen molar-refractivity contribution in [1.82, 2.24) is 0 Å². The van der Waals surface area contributed by atoms with Gasteiger partial charge in [-0.1, -0.05) is 39.7 Å². The number of hydrogen-bond acceptors (Lipinski definition) is 2. The van der Waals surface area contributed by atoms with Crippen LogP contribution < -0.4 is 10.2 Å². The fourth-order valence-electron chi connectivity index (χ4n) is 3.08. The van der Waals surface area contributed by atoms with Crippen LogP contribution in [0.25, 0.3) is 0 Å². The zero-order chi connectivity index (χ0) is 18.0. The van der Waals surface area contributed by atoms with Gasteiger partial charge in [0.1, 0.15) is 0 Å². The molecule has 1 aliphatic rings. The van der Waals surface area contributed by atoms with Crippen molar-refractivity contribution in [1.29, 1.82) is 0 Å². The van der Waals surface area contributed by atoms with E-state index in [9.17, 15) is 9.59 Å². The van der Waals surface area contributed by atoms with Gasteiger partial charge in [0.15, 0.2) is 0 Å². The maximum Gasteiger partial charge on any atom is 0.231 e. The maximum absolute atomic E-state index is 12.8. The Bertz CT molecular complexity index is 821. The number of nitrogens with zero attached hydrogens (tertiary/aromatic N) is 1. The van der Waals surface area contributed by atoms with Crippen LogP contribution in [0.1, 0.15) is 24.5 Å². The second-order valence-electron chi connectivity index (χ2n) is 6.10. The van der Waals surface area contributed by atoms with E-state index in [2.05, 4.69) is 21.2 Å². The lowest BCUT2D eigenvalue weighted by Crippen LogP contribution is -2.36. The van der Waals surface area contributed by atoms with Crippen molar-refractivity contribution in [3.05, 3.63) is 57.0 Å². The van der Waals surface area contributed by atoms with Gasteiger partial charge in [-0.25, -0.2) is 0 Å². The molecule has 0 saturated carbocycles. The number of carbonyl (C=O) groups is 2. The molecule has 0 atom stereocenters. The molecule has 6 heteroatoms. The van der Waals surface area contributed by atoms with E-state index < -0.39 is 0 Å². The Balaban J connectivity index is 1.78. The van der Waals surface area contributed by atoms with Crippen LogP contribution in [0.2, 0.25) is 5.02 Å². The minimum absolute atomic E-state index is 0.0254. The molecule has 0 spiro atoms. The molecule has 4 nitrogen and oxygen atoms in total. The van der Waals surface area contributed by atoms with Gasteiger partial charge in [-0.05, 0) is 48.2 Å². The molecule has 0 fully saturated rings. The first-order valence-electron chi connectivity index (χ1n) is 8.09. The van der Waals surface area contributed by atoms with Crippen LogP contribution in [0, 0.1) is 0 Å². The number of nitrogens with one attached hydrogen (secondary N) is 1. The lowest BCUT2D eigenvalue weighted by atomic mass is 10.0. The predicted molar refractivity (Wildman–Crippen MR) is 104 cm³/mol. The zero-order valence-corrected chi connectivity index (χ0v) is 16.2. The number of amides is 2. The highest BCUT2D eigenvalue weighted by molar-refractivity contribution is 9.10. The van der Waals surface area contributed by atoms with Crippen molar-refractivity contribution >= 4 is 50.7 Å². The smallest absolute Gasteiger partial charge is 0.231 e. The summed E-state index contributed by atoms with van der Waals surface area (Å²) >= 11 is 9.85. The molecule has 0 aliphatic carbocycles.